The molecule has 0 radical (unpaired) electrons. The van der Waals surface area contributed by atoms with E-state index in [4.69, 9.17) is 5.10 Å². The molecule has 1 aliphatic heterocycles. The molecule has 126 valence electrons. The molecule has 5 nitrogen and oxygen atoms in total. The van der Waals surface area contributed by atoms with Crippen LogP contribution >= 0.6 is 0 Å². The maximum Gasteiger partial charge on any atom is 0.272 e. The highest BCUT2D eigenvalue weighted by molar-refractivity contribution is 5.94. The number of piperidine rings is 1. The van der Waals surface area contributed by atoms with Crippen molar-refractivity contribution in [1.29, 1.82) is 0 Å². The molecule has 0 unspecified atom stereocenters. The monoisotopic (exact) mass is 324 g/mol. The van der Waals surface area contributed by atoms with Crippen LogP contribution in [0.2, 0.25) is 0 Å². The molecule has 1 aliphatic carbocycles. The Morgan fingerprint density at radius 3 is 2.96 bits per heavy atom. The molecule has 0 bridgehead atoms. The van der Waals surface area contributed by atoms with Gasteiger partial charge in [-0.1, -0.05) is 18.2 Å². The summed E-state index contributed by atoms with van der Waals surface area (Å²) >= 11 is 0. The summed E-state index contributed by atoms with van der Waals surface area (Å²) in [6, 6.07) is 8.44. The molecule has 4 rings (SSSR count). The van der Waals surface area contributed by atoms with E-state index in [9.17, 15) is 4.79 Å². The summed E-state index contributed by atoms with van der Waals surface area (Å²) in [5, 5.41) is 11.2. The van der Waals surface area contributed by atoms with E-state index in [1.165, 1.54) is 11.3 Å². The molecule has 1 saturated heterocycles. The van der Waals surface area contributed by atoms with Gasteiger partial charge in [-0.15, -0.1) is 0 Å². The van der Waals surface area contributed by atoms with E-state index in [2.05, 4.69) is 29.7 Å². The average Bonchev–Trinajstić information content (AvgIpc) is 3.19. The van der Waals surface area contributed by atoms with Gasteiger partial charge in [0.2, 0.25) is 0 Å². The smallest absolute Gasteiger partial charge is 0.272 e. The normalized spacial score (nSPS) is 20.0. The Morgan fingerprint density at radius 1 is 1.29 bits per heavy atom. The number of benzene rings is 1. The van der Waals surface area contributed by atoms with Crippen LogP contribution in [0, 0.1) is 6.92 Å². The van der Waals surface area contributed by atoms with Crippen molar-refractivity contribution in [2.75, 3.05) is 13.1 Å². The molecule has 1 aromatic heterocycles. The third kappa shape index (κ3) is 2.73. The van der Waals surface area contributed by atoms with Gasteiger partial charge in [0.25, 0.3) is 5.91 Å². The van der Waals surface area contributed by atoms with Gasteiger partial charge in [-0.25, -0.2) is 4.68 Å². The van der Waals surface area contributed by atoms with Crippen molar-refractivity contribution >= 4 is 5.91 Å². The first kappa shape index (κ1) is 15.4. The van der Waals surface area contributed by atoms with Crippen LogP contribution in [-0.4, -0.2) is 34.8 Å². The molecule has 2 aliphatic rings. The van der Waals surface area contributed by atoms with E-state index >= 15 is 0 Å². The zero-order valence-corrected chi connectivity index (χ0v) is 14.1. The number of nitrogens with zero attached hydrogens (tertiary/aromatic N) is 2. The summed E-state index contributed by atoms with van der Waals surface area (Å²) in [5.41, 5.74) is 5.22. The first-order valence-electron chi connectivity index (χ1n) is 8.92. The maximum atomic E-state index is 12.8. The minimum absolute atomic E-state index is 0.0193. The Kier molecular flexibility index (Phi) is 4.10. The number of fused-ring (bicyclic) bond motifs is 1. The number of amides is 1. The topological polar surface area (TPSA) is 59.0 Å². The van der Waals surface area contributed by atoms with Gasteiger partial charge in [-0.2, -0.15) is 5.10 Å². The van der Waals surface area contributed by atoms with Crippen molar-refractivity contribution in [2.24, 2.45) is 0 Å². The average molecular weight is 324 g/mol. The summed E-state index contributed by atoms with van der Waals surface area (Å²) in [5.74, 6) is -0.0193. The van der Waals surface area contributed by atoms with Gasteiger partial charge in [0, 0.05) is 23.8 Å². The number of hydrogen-bond acceptors (Lipinski definition) is 3. The van der Waals surface area contributed by atoms with Crippen molar-refractivity contribution < 1.29 is 4.79 Å². The predicted molar refractivity (Wildman–Crippen MR) is 93.7 cm³/mol. The number of nitrogens with one attached hydrogen (secondary N) is 2. The Balaban J connectivity index is 1.66. The molecule has 24 heavy (non-hydrogen) atoms. The van der Waals surface area contributed by atoms with Crippen LogP contribution in [0.25, 0.3) is 5.69 Å². The second-order valence-corrected chi connectivity index (χ2v) is 6.84. The lowest BCUT2D eigenvalue weighted by Crippen LogP contribution is -2.45. The van der Waals surface area contributed by atoms with Gasteiger partial charge in [0.1, 0.15) is 0 Å². The SMILES string of the molecule is Cc1ccccc1-n1nc(C(=O)N[C@H]2CCCNC2)c2c1CCC2. The van der Waals surface area contributed by atoms with Gasteiger partial charge < -0.3 is 10.6 Å². The Hall–Kier alpha value is -2.14. The van der Waals surface area contributed by atoms with Crippen LogP contribution in [0.15, 0.2) is 24.3 Å². The van der Waals surface area contributed by atoms with Crippen LogP contribution in [-0.2, 0) is 12.8 Å². The summed E-state index contributed by atoms with van der Waals surface area (Å²) < 4.78 is 1.99. The van der Waals surface area contributed by atoms with E-state index in [0.717, 1.165) is 56.4 Å². The molecule has 1 amide bonds. The number of aromatic nitrogens is 2. The predicted octanol–water partition coefficient (Wildman–Crippen LogP) is 2.15. The van der Waals surface area contributed by atoms with Crippen molar-refractivity contribution in [2.45, 2.75) is 45.1 Å². The van der Waals surface area contributed by atoms with Crippen molar-refractivity contribution in [1.82, 2.24) is 20.4 Å². The number of carbonyl (C=O) groups excluding carboxylic acids is 1. The third-order valence-electron chi connectivity index (χ3n) is 5.12. The van der Waals surface area contributed by atoms with Crippen LogP contribution in [0.3, 0.4) is 0 Å². The quantitative estimate of drug-likeness (QED) is 0.909. The summed E-state index contributed by atoms with van der Waals surface area (Å²) in [6.07, 6.45) is 5.20. The van der Waals surface area contributed by atoms with Crippen LogP contribution in [0.1, 0.15) is 46.6 Å². The summed E-state index contributed by atoms with van der Waals surface area (Å²) in [4.78, 5) is 12.8. The van der Waals surface area contributed by atoms with Crippen molar-refractivity contribution in [3.05, 3.63) is 46.8 Å². The molecule has 1 atom stereocenters. The molecule has 2 N–H and O–H groups in total. The second kappa shape index (κ2) is 6.40. The second-order valence-electron chi connectivity index (χ2n) is 6.84. The van der Waals surface area contributed by atoms with Gasteiger partial charge in [0.05, 0.1) is 5.69 Å². The fraction of sp³-hybridized carbons (Fsp3) is 0.474. The maximum absolute atomic E-state index is 12.8. The first-order chi connectivity index (χ1) is 11.7. The molecule has 1 aromatic carbocycles. The van der Waals surface area contributed by atoms with E-state index in [1.54, 1.807) is 0 Å². The summed E-state index contributed by atoms with van der Waals surface area (Å²) in [6.45, 7) is 3.99. The highest BCUT2D eigenvalue weighted by atomic mass is 16.2. The van der Waals surface area contributed by atoms with Gasteiger partial charge in [-0.05, 0) is 57.2 Å². The van der Waals surface area contributed by atoms with E-state index in [1.807, 2.05) is 16.8 Å². The molecule has 0 spiro atoms. The lowest BCUT2D eigenvalue weighted by atomic mass is 10.1. The molecular weight excluding hydrogens is 300 g/mol. The number of aryl methyl sites for hydroxylation is 1. The molecule has 2 heterocycles. The van der Waals surface area contributed by atoms with E-state index < -0.39 is 0 Å². The number of hydrogen-bond donors (Lipinski definition) is 2. The zero-order valence-electron chi connectivity index (χ0n) is 14.1. The number of rotatable bonds is 3. The van der Waals surface area contributed by atoms with Gasteiger partial charge in [-0.3, -0.25) is 4.79 Å². The Morgan fingerprint density at radius 2 is 2.17 bits per heavy atom. The molecule has 0 saturated carbocycles. The molecule has 1 fully saturated rings. The van der Waals surface area contributed by atoms with Gasteiger partial charge >= 0.3 is 0 Å². The minimum Gasteiger partial charge on any atom is -0.347 e. The van der Waals surface area contributed by atoms with Crippen LogP contribution in [0.5, 0.6) is 0 Å². The highest BCUT2D eigenvalue weighted by Crippen LogP contribution is 2.28. The third-order valence-corrected chi connectivity index (χ3v) is 5.12. The number of carbonyl (C=O) groups is 1. The van der Waals surface area contributed by atoms with Gasteiger partial charge in [0.15, 0.2) is 5.69 Å². The van der Waals surface area contributed by atoms with E-state index in [-0.39, 0.29) is 11.9 Å². The Bertz CT molecular complexity index is 759. The summed E-state index contributed by atoms with van der Waals surface area (Å²) in [7, 11) is 0. The van der Waals surface area contributed by atoms with Crippen molar-refractivity contribution in [3.63, 3.8) is 0 Å². The minimum atomic E-state index is -0.0193. The molecule has 2 aromatic rings. The first-order valence-corrected chi connectivity index (χ1v) is 8.92. The Labute approximate surface area is 142 Å². The standard InChI is InChI=1S/C19H24N4O/c1-13-6-2-3-9-16(13)23-17-10-4-8-15(17)18(22-23)19(24)21-14-7-5-11-20-12-14/h2-3,6,9,14,20H,4-5,7-8,10-12H2,1H3,(H,21,24)/t14-/m0/s1. The highest BCUT2D eigenvalue weighted by Gasteiger charge is 2.28. The fourth-order valence-electron chi connectivity index (χ4n) is 3.85. The zero-order chi connectivity index (χ0) is 16.5. The number of para-hydroxylation sites is 1. The molecule has 5 heteroatoms. The molecular formula is C19H24N4O. The largest absolute Gasteiger partial charge is 0.347 e. The fourth-order valence-corrected chi connectivity index (χ4v) is 3.85. The lowest BCUT2D eigenvalue weighted by molar-refractivity contribution is 0.0924. The lowest BCUT2D eigenvalue weighted by Gasteiger charge is -2.23. The van der Waals surface area contributed by atoms with Crippen molar-refractivity contribution in [3.8, 4) is 5.69 Å². The van der Waals surface area contributed by atoms with E-state index in [0.29, 0.717) is 5.69 Å². The van der Waals surface area contributed by atoms with Crippen LogP contribution in [0.4, 0.5) is 0 Å². The van der Waals surface area contributed by atoms with Crippen LogP contribution < -0.4 is 10.6 Å².